The number of fused-ring (bicyclic) bond motifs is 1. The first-order chi connectivity index (χ1) is 11.3. The summed E-state index contributed by atoms with van der Waals surface area (Å²) < 4.78 is 1.25. The highest BCUT2D eigenvalue weighted by Crippen LogP contribution is 2.59. The van der Waals surface area contributed by atoms with Gasteiger partial charge in [0.15, 0.2) is 0 Å². The highest BCUT2D eigenvalue weighted by atomic mass is 79.9. The van der Waals surface area contributed by atoms with E-state index in [-0.39, 0.29) is 0 Å². The minimum atomic E-state index is -0.552. The Morgan fingerprint density at radius 3 is 2.17 bits per heavy atom. The molecule has 0 amide bonds. The number of nitrogen functional groups attached to an aromatic ring is 1. The standard InChI is InChI=1S/C20H15BrNP/c21-20-19(15-10-4-6-12-17(15)22)16-11-5-7-13-18(16)23(20)14-8-2-1-3-9-14/h1-13H,22H2. The quantitative estimate of drug-likeness (QED) is 0.379. The molecule has 4 aromatic rings. The van der Waals surface area contributed by atoms with E-state index < -0.39 is 7.53 Å². The summed E-state index contributed by atoms with van der Waals surface area (Å²) in [6, 6.07) is 27.4. The summed E-state index contributed by atoms with van der Waals surface area (Å²) in [7, 11) is -0.552. The van der Waals surface area contributed by atoms with Crippen molar-refractivity contribution in [3.05, 3.63) is 83.1 Å². The van der Waals surface area contributed by atoms with Gasteiger partial charge in [-0.25, -0.2) is 0 Å². The predicted octanol–water partition coefficient (Wildman–Crippen LogP) is 6.83. The summed E-state index contributed by atoms with van der Waals surface area (Å²) in [5, 5.41) is 4.03. The smallest absolute Gasteiger partial charge is 0.0503 e. The molecular weight excluding hydrogens is 365 g/mol. The van der Waals surface area contributed by atoms with E-state index in [1.165, 1.54) is 25.6 Å². The lowest BCUT2D eigenvalue weighted by Crippen LogP contribution is -1.88. The number of hydrogen-bond donors (Lipinski definition) is 1. The lowest BCUT2D eigenvalue weighted by atomic mass is 10.0. The third kappa shape index (κ3) is 2.39. The van der Waals surface area contributed by atoms with Gasteiger partial charge in [-0.2, -0.15) is 0 Å². The first-order valence-corrected chi connectivity index (χ1v) is 9.60. The maximum atomic E-state index is 6.26. The summed E-state index contributed by atoms with van der Waals surface area (Å²) in [5.41, 5.74) is 9.41. The Kier molecular flexibility index (Phi) is 3.72. The molecule has 3 heteroatoms. The zero-order chi connectivity index (χ0) is 15.8. The van der Waals surface area contributed by atoms with Crippen LogP contribution in [0.2, 0.25) is 0 Å². The van der Waals surface area contributed by atoms with Crippen LogP contribution in [0.1, 0.15) is 0 Å². The van der Waals surface area contributed by atoms with E-state index in [0.29, 0.717) is 0 Å². The third-order valence-electron chi connectivity index (χ3n) is 4.06. The number of para-hydroxylation sites is 1. The summed E-state index contributed by atoms with van der Waals surface area (Å²) in [6.07, 6.45) is 0. The van der Waals surface area contributed by atoms with Crippen molar-refractivity contribution in [3.63, 3.8) is 0 Å². The van der Waals surface area contributed by atoms with Crippen LogP contribution in [0.25, 0.3) is 26.9 Å². The minimum Gasteiger partial charge on any atom is -0.398 e. The van der Waals surface area contributed by atoms with E-state index in [1.54, 1.807) is 0 Å². The molecule has 1 nitrogen and oxygen atoms in total. The van der Waals surface area contributed by atoms with E-state index in [0.717, 1.165) is 11.3 Å². The van der Waals surface area contributed by atoms with Crippen molar-refractivity contribution >= 4 is 39.7 Å². The van der Waals surface area contributed by atoms with Gasteiger partial charge >= 0.3 is 0 Å². The number of anilines is 1. The molecule has 0 bridgehead atoms. The van der Waals surface area contributed by atoms with Crippen LogP contribution in [0.5, 0.6) is 0 Å². The van der Waals surface area contributed by atoms with Crippen LogP contribution in [0.15, 0.2) is 83.1 Å². The van der Waals surface area contributed by atoms with Crippen molar-refractivity contribution in [2.45, 2.75) is 0 Å². The van der Waals surface area contributed by atoms with Crippen LogP contribution in [0.3, 0.4) is 0 Å². The van der Waals surface area contributed by atoms with Crippen LogP contribution < -0.4 is 5.73 Å². The normalized spacial score (nSPS) is 11.8. The van der Waals surface area contributed by atoms with Crippen molar-refractivity contribution in [1.82, 2.24) is 0 Å². The van der Waals surface area contributed by atoms with Crippen molar-refractivity contribution in [3.8, 4) is 16.4 Å². The maximum absolute atomic E-state index is 6.26. The van der Waals surface area contributed by atoms with Gasteiger partial charge in [0.1, 0.15) is 0 Å². The number of hydrogen-bond acceptors (Lipinski definition) is 1. The Hall–Kier alpha value is -2.02. The second-order valence-electron chi connectivity index (χ2n) is 5.44. The molecule has 23 heavy (non-hydrogen) atoms. The third-order valence-corrected chi connectivity index (χ3v) is 7.82. The highest BCUT2D eigenvalue weighted by Gasteiger charge is 2.19. The van der Waals surface area contributed by atoms with Crippen LogP contribution >= 0.6 is 23.5 Å². The van der Waals surface area contributed by atoms with Crippen molar-refractivity contribution in [2.75, 3.05) is 5.73 Å². The molecule has 0 saturated carbocycles. The van der Waals surface area contributed by atoms with Crippen molar-refractivity contribution < 1.29 is 0 Å². The Bertz CT molecular complexity index is 989. The molecule has 0 aliphatic heterocycles. The molecule has 112 valence electrons. The van der Waals surface area contributed by atoms with E-state index >= 15 is 0 Å². The van der Waals surface area contributed by atoms with E-state index in [4.69, 9.17) is 5.73 Å². The van der Waals surface area contributed by atoms with Gasteiger partial charge in [0.25, 0.3) is 0 Å². The molecule has 1 heterocycles. The minimum absolute atomic E-state index is 0.552. The molecule has 1 aromatic heterocycles. The van der Waals surface area contributed by atoms with Crippen LogP contribution in [0, 0.1) is 0 Å². The van der Waals surface area contributed by atoms with E-state index in [2.05, 4.69) is 76.6 Å². The van der Waals surface area contributed by atoms with Gasteiger partial charge in [0, 0.05) is 21.9 Å². The van der Waals surface area contributed by atoms with Crippen LogP contribution in [-0.4, -0.2) is 0 Å². The number of benzene rings is 3. The summed E-state index contributed by atoms with van der Waals surface area (Å²) >= 11 is 3.91. The molecule has 2 N–H and O–H groups in total. The Labute approximate surface area is 145 Å². The zero-order valence-electron chi connectivity index (χ0n) is 12.4. The molecule has 3 aromatic carbocycles. The Morgan fingerprint density at radius 2 is 1.39 bits per heavy atom. The Morgan fingerprint density at radius 1 is 0.739 bits per heavy atom. The van der Waals surface area contributed by atoms with Gasteiger partial charge in [0.05, 0.1) is 4.20 Å². The van der Waals surface area contributed by atoms with Gasteiger partial charge in [0.2, 0.25) is 0 Å². The van der Waals surface area contributed by atoms with E-state index in [1.807, 2.05) is 18.2 Å². The predicted molar refractivity (Wildman–Crippen MR) is 106 cm³/mol. The van der Waals surface area contributed by atoms with Crippen LogP contribution in [0.4, 0.5) is 5.69 Å². The van der Waals surface area contributed by atoms with Crippen molar-refractivity contribution in [2.24, 2.45) is 0 Å². The SMILES string of the molecule is Nc1ccccc1-c1c(Br)p(-c2ccccc2)c2ccccc12. The van der Waals surface area contributed by atoms with Crippen LogP contribution in [-0.2, 0) is 0 Å². The molecule has 1 unspecified atom stereocenters. The monoisotopic (exact) mass is 379 g/mol. The Balaban J connectivity index is 2.11. The average Bonchev–Trinajstić information content (AvgIpc) is 2.88. The maximum Gasteiger partial charge on any atom is 0.0503 e. The molecule has 0 saturated heterocycles. The average molecular weight is 380 g/mol. The number of rotatable bonds is 2. The fourth-order valence-electron chi connectivity index (χ4n) is 3.02. The topological polar surface area (TPSA) is 26.0 Å². The fraction of sp³-hybridized carbons (Fsp3) is 0. The van der Waals surface area contributed by atoms with Gasteiger partial charge in [-0.15, -0.1) is 0 Å². The first-order valence-electron chi connectivity index (χ1n) is 7.46. The van der Waals surface area contributed by atoms with Gasteiger partial charge in [-0.3, -0.25) is 0 Å². The highest BCUT2D eigenvalue weighted by molar-refractivity contribution is 9.11. The van der Waals surface area contributed by atoms with E-state index in [9.17, 15) is 0 Å². The largest absolute Gasteiger partial charge is 0.398 e. The number of halogens is 1. The summed E-state index contributed by atoms with van der Waals surface area (Å²) in [5.74, 6) is 0. The lowest BCUT2D eigenvalue weighted by molar-refractivity contribution is 1.66. The summed E-state index contributed by atoms with van der Waals surface area (Å²) in [4.78, 5) is 0. The molecule has 0 spiro atoms. The summed E-state index contributed by atoms with van der Waals surface area (Å²) in [6.45, 7) is 0. The molecule has 0 radical (unpaired) electrons. The molecule has 1 atom stereocenters. The number of nitrogens with two attached hydrogens (primary N) is 1. The van der Waals surface area contributed by atoms with Gasteiger partial charge in [-0.1, -0.05) is 74.3 Å². The second-order valence-corrected chi connectivity index (χ2v) is 8.96. The molecular formula is C20H15BrNP. The zero-order valence-corrected chi connectivity index (χ0v) is 14.9. The lowest BCUT2D eigenvalue weighted by Gasteiger charge is -2.06. The molecule has 4 rings (SSSR count). The van der Waals surface area contributed by atoms with Gasteiger partial charge < -0.3 is 5.73 Å². The van der Waals surface area contributed by atoms with Crippen molar-refractivity contribution in [1.29, 1.82) is 0 Å². The first kappa shape index (κ1) is 14.6. The molecule has 0 fully saturated rings. The van der Waals surface area contributed by atoms with Gasteiger partial charge in [-0.05, 0) is 38.8 Å². The molecule has 0 aliphatic rings. The fourth-order valence-corrected chi connectivity index (χ4v) is 6.95. The molecule has 0 aliphatic carbocycles. The second kappa shape index (κ2) is 5.88.